The van der Waals surface area contributed by atoms with Crippen molar-refractivity contribution in [3.8, 4) is 5.75 Å². The molecule has 0 aromatic heterocycles. The Morgan fingerprint density at radius 3 is 2.31 bits per heavy atom. The van der Waals surface area contributed by atoms with Crippen LogP contribution < -0.4 is 4.74 Å². The molecule has 2 fully saturated rings. The molecule has 0 bridgehead atoms. The quantitative estimate of drug-likeness (QED) is 0.473. The van der Waals surface area contributed by atoms with Crippen LogP contribution in [0.1, 0.15) is 82.6 Å². The second kappa shape index (κ2) is 8.67. The Morgan fingerprint density at radius 2 is 1.62 bits per heavy atom. The SMILES string of the molecule is CCCCCC1CCC2CC(c3ccc(OC(F)(F)F)cc3)CCC2C1. The Hall–Kier alpha value is -1.19. The van der Waals surface area contributed by atoms with Crippen LogP contribution in [-0.4, -0.2) is 6.36 Å². The first-order valence-electron chi connectivity index (χ1n) is 10.3. The van der Waals surface area contributed by atoms with Crippen molar-refractivity contribution in [1.29, 1.82) is 0 Å². The summed E-state index contributed by atoms with van der Waals surface area (Å²) in [7, 11) is 0. The molecule has 0 N–H and O–H groups in total. The lowest BCUT2D eigenvalue weighted by molar-refractivity contribution is -0.274. The topological polar surface area (TPSA) is 9.23 Å². The number of unbranched alkanes of at least 4 members (excludes halogenated alkanes) is 2. The average Bonchev–Trinajstić information content (AvgIpc) is 2.61. The van der Waals surface area contributed by atoms with Gasteiger partial charge >= 0.3 is 6.36 Å². The molecule has 4 heteroatoms. The lowest BCUT2D eigenvalue weighted by Gasteiger charge is -2.42. The molecule has 146 valence electrons. The van der Waals surface area contributed by atoms with Gasteiger partial charge in [-0.3, -0.25) is 0 Å². The maximum Gasteiger partial charge on any atom is 0.573 e. The molecular weight excluding hydrogens is 337 g/mol. The Bertz CT molecular complexity index is 552. The van der Waals surface area contributed by atoms with Gasteiger partial charge in [0.15, 0.2) is 0 Å². The van der Waals surface area contributed by atoms with E-state index in [1.807, 2.05) is 12.1 Å². The molecule has 2 aliphatic rings. The first-order chi connectivity index (χ1) is 12.4. The van der Waals surface area contributed by atoms with E-state index in [0.717, 1.165) is 17.8 Å². The van der Waals surface area contributed by atoms with Gasteiger partial charge in [-0.2, -0.15) is 0 Å². The molecule has 1 aromatic carbocycles. The van der Waals surface area contributed by atoms with Gasteiger partial charge in [0.05, 0.1) is 0 Å². The summed E-state index contributed by atoms with van der Waals surface area (Å²) in [5.74, 6) is 2.98. The van der Waals surface area contributed by atoms with Gasteiger partial charge in [-0.1, -0.05) is 51.2 Å². The van der Waals surface area contributed by atoms with Gasteiger partial charge in [-0.15, -0.1) is 13.2 Å². The number of alkyl halides is 3. The van der Waals surface area contributed by atoms with E-state index in [4.69, 9.17) is 0 Å². The Kier molecular flexibility index (Phi) is 6.52. The number of ether oxygens (including phenoxy) is 1. The highest BCUT2D eigenvalue weighted by Crippen LogP contribution is 2.48. The van der Waals surface area contributed by atoms with Crippen molar-refractivity contribution in [3.63, 3.8) is 0 Å². The highest BCUT2D eigenvalue weighted by Gasteiger charge is 2.36. The van der Waals surface area contributed by atoms with Crippen LogP contribution in [0.15, 0.2) is 24.3 Å². The van der Waals surface area contributed by atoms with Crippen molar-refractivity contribution < 1.29 is 17.9 Å². The molecule has 1 aromatic rings. The van der Waals surface area contributed by atoms with E-state index in [1.165, 1.54) is 81.9 Å². The van der Waals surface area contributed by atoms with Crippen LogP contribution in [-0.2, 0) is 0 Å². The monoisotopic (exact) mass is 368 g/mol. The van der Waals surface area contributed by atoms with Gasteiger partial charge in [0.25, 0.3) is 0 Å². The zero-order chi connectivity index (χ0) is 18.6. The number of benzene rings is 1. The largest absolute Gasteiger partial charge is 0.573 e. The third-order valence-corrected chi connectivity index (χ3v) is 6.52. The van der Waals surface area contributed by atoms with Crippen molar-refractivity contribution >= 4 is 0 Å². The third kappa shape index (κ3) is 5.40. The summed E-state index contributed by atoms with van der Waals surface area (Å²) >= 11 is 0. The lowest BCUT2D eigenvalue weighted by Crippen LogP contribution is -2.30. The summed E-state index contributed by atoms with van der Waals surface area (Å²) in [6.07, 6.45) is 8.59. The minimum absolute atomic E-state index is 0.123. The predicted molar refractivity (Wildman–Crippen MR) is 98.2 cm³/mol. The van der Waals surface area contributed by atoms with E-state index in [9.17, 15) is 13.2 Å². The maximum absolute atomic E-state index is 12.3. The van der Waals surface area contributed by atoms with E-state index in [0.29, 0.717) is 5.92 Å². The van der Waals surface area contributed by atoms with E-state index in [1.54, 1.807) is 0 Å². The van der Waals surface area contributed by atoms with Crippen LogP contribution in [0.25, 0.3) is 0 Å². The van der Waals surface area contributed by atoms with Crippen LogP contribution in [0.5, 0.6) is 5.75 Å². The zero-order valence-corrected chi connectivity index (χ0v) is 15.7. The van der Waals surface area contributed by atoms with Crippen LogP contribution in [0.2, 0.25) is 0 Å². The minimum atomic E-state index is -4.62. The predicted octanol–water partition coefficient (Wildman–Crippen LogP) is 7.47. The molecule has 4 atom stereocenters. The normalized spacial score (nSPS) is 29.2. The first kappa shape index (κ1) is 19.6. The highest BCUT2D eigenvalue weighted by atomic mass is 19.4. The van der Waals surface area contributed by atoms with E-state index in [-0.39, 0.29) is 5.75 Å². The second-order valence-electron chi connectivity index (χ2n) is 8.32. The van der Waals surface area contributed by atoms with Gasteiger partial charge in [0.1, 0.15) is 5.75 Å². The smallest absolute Gasteiger partial charge is 0.406 e. The van der Waals surface area contributed by atoms with Gasteiger partial charge < -0.3 is 4.74 Å². The van der Waals surface area contributed by atoms with E-state index in [2.05, 4.69) is 11.7 Å². The van der Waals surface area contributed by atoms with Crippen molar-refractivity contribution in [2.45, 2.75) is 83.4 Å². The number of halogens is 3. The molecule has 0 spiro atoms. The highest BCUT2D eigenvalue weighted by molar-refractivity contribution is 5.30. The second-order valence-corrected chi connectivity index (χ2v) is 8.32. The molecule has 26 heavy (non-hydrogen) atoms. The zero-order valence-electron chi connectivity index (χ0n) is 15.7. The Labute approximate surface area is 155 Å². The standard InChI is InChI=1S/C22H31F3O/c1-2-3-4-5-16-6-7-20-15-19(9-8-18(20)14-16)17-10-12-21(13-11-17)26-22(23,24)25/h10-13,16,18-20H,2-9,14-15H2,1H3. The van der Waals surface area contributed by atoms with Crippen LogP contribution in [0, 0.1) is 17.8 Å². The fraction of sp³-hybridized carbons (Fsp3) is 0.727. The molecule has 3 rings (SSSR count). The van der Waals surface area contributed by atoms with Gasteiger partial charge in [-0.05, 0) is 73.5 Å². The Morgan fingerprint density at radius 1 is 0.923 bits per heavy atom. The Balaban J connectivity index is 1.51. The van der Waals surface area contributed by atoms with E-state index >= 15 is 0 Å². The molecule has 0 aliphatic heterocycles. The van der Waals surface area contributed by atoms with Crippen molar-refractivity contribution in [1.82, 2.24) is 0 Å². The summed E-state index contributed by atoms with van der Waals surface area (Å²) in [6, 6.07) is 6.56. The molecule has 2 aliphatic carbocycles. The summed E-state index contributed by atoms with van der Waals surface area (Å²) in [5, 5.41) is 0. The fourth-order valence-corrected chi connectivity index (χ4v) is 5.18. The van der Waals surface area contributed by atoms with Crippen LogP contribution in [0.4, 0.5) is 13.2 Å². The fourth-order valence-electron chi connectivity index (χ4n) is 5.18. The number of hydrogen-bond donors (Lipinski definition) is 0. The molecule has 0 amide bonds. The van der Waals surface area contributed by atoms with Gasteiger partial charge in [0.2, 0.25) is 0 Å². The lowest BCUT2D eigenvalue weighted by atomic mass is 9.63. The number of hydrogen-bond acceptors (Lipinski definition) is 1. The molecule has 2 saturated carbocycles. The molecular formula is C22H31F3O. The van der Waals surface area contributed by atoms with Gasteiger partial charge in [0, 0.05) is 0 Å². The van der Waals surface area contributed by atoms with E-state index < -0.39 is 6.36 Å². The maximum atomic E-state index is 12.3. The summed E-state index contributed by atoms with van der Waals surface area (Å²) in [4.78, 5) is 0. The van der Waals surface area contributed by atoms with Crippen molar-refractivity contribution in [2.75, 3.05) is 0 Å². The first-order valence-corrected chi connectivity index (χ1v) is 10.3. The number of rotatable bonds is 6. The van der Waals surface area contributed by atoms with Crippen molar-refractivity contribution in [3.05, 3.63) is 29.8 Å². The molecule has 1 nitrogen and oxygen atoms in total. The summed E-state index contributed by atoms with van der Waals surface area (Å²) in [5.41, 5.74) is 1.17. The third-order valence-electron chi connectivity index (χ3n) is 6.52. The van der Waals surface area contributed by atoms with Crippen LogP contribution in [0.3, 0.4) is 0 Å². The molecule has 0 radical (unpaired) electrons. The van der Waals surface area contributed by atoms with Crippen molar-refractivity contribution in [2.24, 2.45) is 17.8 Å². The summed E-state index contributed by atoms with van der Waals surface area (Å²) in [6.45, 7) is 2.26. The molecule has 0 heterocycles. The van der Waals surface area contributed by atoms with Gasteiger partial charge in [-0.25, -0.2) is 0 Å². The average molecular weight is 368 g/mol. The number of fused-ring (bicyclic) bond motifs is 1. The molecule has 0 saturated heterocycles. The molecule has 4 unspecified atom stereocenters. The van der Waals surface area contributed by atoms with Crippen LogP contribution >= 0.6 is 0 Å². The minimum Gasteiger partial charge on any atom is -0.406 e. The summed E-state index contributed by atoms with van der Waals surface area (Å²) < 4.78 is 40.8.